The van der Waals surface area contributed by atoms with E-state index in [9.17, 15) is 14.3 Å². The summed E-state index contributed by atoms with van der Waals surface area (Å²) in [5.41, 5.74) is -0.0237. The number of carbonyl (C=O) groups is 1. The normalized spacial score (nSPS) is 12.6. The highest BCUT2D eigenvalue weighted by molar-refractivity contribution is 9.13. The molecule has 0 amide bonds. The lowest BCUT2D eigenvalue weighted by molar-refractivity contribution is -0.147. The molecule has 14 heavy (non-hydrogen) atoms. The molecule has 0 fully saturated rings. The van der Waals surface area contributed by atoms with Crippen molar-refractivity contribution >= 4 is 37.8 Å². The summed E-state index contributed by atoms with van der Waals surface area (Å²) in [6, 6.07) is 2.13. The number of carboxylic acid groups (broad SMARTS) is 1. The number of aliphatic carboxylic acids is 1. The van der Waals surface area contributed by atoms with Crippen LogP contribution in [0.15, 0.2) is 21.1 Å². The summed E-state index contributed by atoms with van der Waals surface area (Å²) in [6.07, 6.45) is -1.74. The van der Waals surface area contributed by atoms with Crippen LogP contribution in [0.25, 0.3) is 0 Å². The Balaban J connectivity index is 3.26. The van der Waals surface area contributed by atoms with Crippen molar-refractivity contribution in [3.63, 3.8) is 0 Å². The molecule has 0 radical (unpaired) electrons. The molecular weight excluding hydrogens is 323 g/mol. The number of aliphatic hydroxyl groups excluding tert-OH is 1. The van der Waals surface area contributed by atoms with E-state index < -0.39 is 17.9 Å². The molecule has 0 heterocycles. The van der Waals surface area contributed by atoms with Crippen molar-refractivity contribution in [2.24, 2.45) is 0 Å². The molecule has 0 aliphatic heterocycles. The molecule has 0 aliphatic carbocycles. The molecule has 0 aliphatic rings. The zero-order valence-electron chi connectivity index (χ0n) is 6.67. The minimum absolute atomic E-state index is 0.0237. The minimum Gasteiger partial charge on any atom is -0.479 e. The van der Waals surface area contributed by atoms with E-state index in [0.29, 0.717) is 8.95 Å². The zero-order chi connectivity index (χ0) is 10.9. The van der Waals surface area contributed by atoms with Gasteiger partial charge >= 0.3 is 5.97 Å². The van der Waals surface area contributed by atoms with E-state index in [1.54, 1.807) is 0 Å². The Kier molecular flexibility index (Phi) is 3.63. The van der Waals surface area contributed by atoms with Crippen molar-refractivity contribution in [3.05, 3.63) is 32.5 Å². The summed E-state index contributed by atoms with van der Waals surface area (Å²) in [5.74, 6) is -2.04. The Morgan fingerprint density at radius 2 is 2.00 bits per heavy atom. The monoisotopic (exact) mass is 326 g/mol. The van der Waals surface area contributed by atoms with Gasteiger partial charge in [-0.1, -0.05) is 0 Å². The summed E-state index contributed by atoms with van der Waals surface area (Å²) in [6.45, 7) is 0. The van der Waals surface area contributed by atoms with Gasteiger partial charge in [-0.15, -0.1) is 0 Å². The summed E-state index contributed by atoms with van der Waals surface area (Å²) >= 11 is 6.07. The number of aliphatic hydroxyl groups is 1. The molecule has 3 nitrogen and oxygen atoms in total. The first-order chi connectivity index (χ1) is 6.43. The van der Waals surface area contributed by atoms with Gasteiger partial charge < -0.3 is 10.2 Å². The highest BCUT2D eigenvalue weighted by Crippen LogP contribution is 2.31. The first-order valence-electron chi connectivity index (χ1n) is 3.48. The van der Waals surface area contributed by atoms with Crippen LogP contribution in [0.5, 0.6) is 0 Å². The van der Waals surface area contributed by atoms with Crippen molar-refractivity contribution in [1.82, 2.24) is 0 Å². The predicted molar refractivity (Wildman–Crippen MR) is 54.4 cm³/mol. The maximum Gasteiger partial charge on any atom is 0.337 e. The molecule has 0 aromatic heterocycles. The molecule has 0 saturated carbocycles. The highest BCUT2D eigenvalue weighted by Gasteiger charge is 2.21. The van der Waals surface area contributed by atoms with E-state index in [1.807, 2.05) is 0 Å². The van der Waals surface area contributed by atoms with Gasteiger partial charge in [0.2, 0.25) is 0 Å². The molecule has 1 aromatic carbocycles. The third-order valence-corrected chi connectivity index (χ3v) is 3.59. The van der Waals surface area contributed by atoms with Crippen LogP contribution in [0.4, 0.5) is 4.39 Å². The zero-order valence-corrected chi connectivity index (χ0v) is 9.84. The van der Waals surface area contributed by atoms with Gasteiger partial charge in [-0.2, -0.15) is 0 Å². The third-order valence-electron chi connectivity index (χ3n) is 1.55. The fraction of sp³-hybridized carbons (Fsp3) is 0.125. The van der Waals surface area contributed by atoms with E-state index in [-0.39, 0.29) is 5.56 Å². The van der Waals surface area contributed by atoms with Crippen molar-refractivity contribution < 1.29 is 19.4 Å². The Bertz CT molecular complexity index is 381. The molecule has 1 unspecified atom stereocenters. The van der Waals surface area contributed by atoms with E-state index in [0.717, 1.165) is 6.07 Å². The fourth-order valence-electron chi connectivity index (χ4n) is 0.908. The topological polar surface area (TPSA) is 57.5 Å². The van der Waals surface area contributed by atoms with E-state index in [2.05, 4.69) is 31.9 Å². The van der Waals surface area contributed by atoms with Gasteiger partial charge in [0.1, 0.15) is 5.82 Å². The number of carboxylic acids is 1. The van der Waals surface area contributed by atoms with Gasteiger partial charge in [0.05, 0.1) is 0 Å². The van der Waals surface area contributed by atoms with Crippen molar-refractivity contribution in [2.75, 3.05) is 0 Å². The SMILES string of the molecule is O=C(O)C(O)c1cc(F)cc(Br)c1Br. The van der Waals surface area contributed by atoms with Crippen LogP contribution in [0.1, 0.15) is 11.7 Å². The second kappa shape index (κ2) is 4.37. The van der Waals surface area contributed by atoms with Gasteiger partial charge in [0.25, 0.3) is 0 Å². The standard InChI is InChI=1S/C8H5Br2FO3/c9-5-2-3(11)1-4(6(5)10)7(12)8(13)14/h1-2,7,12H,(H,13,14). The van der Waals surface area contributed by atoms with Crippen LogP contribution in [-0.2, 0) is 4.79 Å². The molecule has 0 bridgehead atoms. The fourth-order valence-corrected chi connectivity index (χ4v) is 1.80. The van der Waals surface area contributed by atoms with Gasteiger partial charge in [0.15, 0.2) is 6.10 Å². The van der Waals surface area contributed by atoms with Crippen molar-refractivity contribution in [2.45, 2.75) is 6.10 Å². The molecule has 1 rings (SSSR count). The molecule has 6 heteroatoms. The largest absolute Gasteiger partial charge is 0.479 e. The second-order valence-corrected chi connectivity index (χ2v) is 4.18. The Morgan fingerprint density at radius 3 is 2.50 bits per heavy atom. The molecule has 0 spiro atoms. The lowest BCUT2D eigenvalue weighted by atomic mass is 10.1. The van der Waals surface area contributed by atoms with Crippen LogP contribution >= 0.6 is 31.9 Å². The van der Waals surface area contributed by atoms with Gasteiger partial charge in [-0.25, -0.2) is 9.18 Å². The molecule has 1 aromatic rings. The van der Waals surface area contributed by atoms with Crippen LogP contribution in [0.2, 0.25) is 0 Å². The maximum absolute atomic E-state index is 12.9. The summed E-state index contributed by atoms with van der Waals surface area (Å²) < 4.78 is 13.6. The quantitative estimate of drug-likeness (QED) is 0.820. The lowest BCUT2D eigenvalue weighted by Gasteiger charge is -2.09. The number of hydrogen-bond donors (Lipinski definition) is 2. The van der Waals surface area contributed by atoms with E-state index in [1.165, 1.54) is 6.07 Å². The second-order valence-electron chi connectivity index (χ2n) is 2.53. The van der Waals surface area contributed by atoms with Crippen LogP contribution < -0.4 is 0 Å². The average Bonchev–Trinajstić information content (AvgIpc) is 2.09. The molecular formula is C8H5Br2FO3. The van der Waals surface area contributed by atoms with Gasteiger partial charge in [0, 0.05) is 14.5 Å². The highest BCUT2D eigenvalue weighted by atomic mass is 79.9. The lowest BCUT2D eigenvalue weighted by Crippen LogP contribution is -2.11. The minimum atomic E-state index is -1.74. The molecule has 1 atom stereocenters. The Labute approximate surface area is 95.8 Å². The predicted octanol–water partition coefficient (Wildman–Crippen LogP) is 2.47. The number of benzene rings is 1. The van der Waals surface area contributed by atoms with Crippen molar-refractivity contribution in [1.29, 1.82) is 0 Å². The van der Waals surface area contributed by atoms with Crippen LogP contribution in [0, 0.1) is 5.82 Å². The summed E-state index contributed by atoms with van der Waals surface area (Å²) in [4.78, 5) is 10.5. The van der Waals surface area contributed by atoms with E-state index in [4.69, 9.17) is 5.11 Å². The smallest absolute Gasteiger partial charge is 0.337 e. The first-order valence-corrected chi connectivity index (χ1v) is 5.07. The summed E-state index contributed by atoms with van der Waals surface area (Å²) in [5, 5.41) is 17.7. The van der Waals surface area contributed by atoms with Gasteiger partial charge in [-0.05, 0) is 44.0 Å². The summed E-state index contributed by atoms with van der Waals surface area (Å²) in [7, 11) is 0. The maximum atomic E-state index is 12.9. The third kappa shape index (κ3) is 2.31. The van der Waals surface area contributed by atoms with E-state index >= 15 is 0 Å². The number of hydrogen-bond acceptors (Lipinski definition) is 2. The Hall–Kier alpha value is -0.460. The molecule has 0 saturated heterocycles. The van der Waals surface area contributed by atoms with Crippen molar-refractivity contribution in [3.8, 4) is 0 Å². The Morgan fingerprint density at radius 1 is 1.43 bits per heavy atom. The van der Waals surface area contributed by atoms with Crippen LogP contribution in [0.3, 0.4) is 0 Å². The number of halogens is 3. The average molecular weight is 328 g/mol. The number of rotatable bonds is 2. The van der Waals surface area contributed by atoms with Gasteiger partial charge in [-0.3, -0.25) is 0 Å². The first kappa shape index (κ1) is 11.6. The molecule has 2 N–H and O–H groups in total. The molecule has 76 valence electrons. The van der Waals surface area contributed by atoms with Crippen LogP contribution in [-0.4, -0.2) is 16.2 Å².